The Hall–Kier alpha value is 0.0300. The molecular formula is C14H27ClN2O2S. The van der Waals surface area contributed by atoms with Gasteiger partial charge in [0.1, 0.15) is 0 Å². The Labute approximate surface area is 132 Å². The van der Waals surface area contributed by atoms with Crippen LogP contribution >= 0.6 is 24.2 Å². The van der Waals surface area contributed by atoms with E-state index in [1.54, 1.807) is 0 Å². The molecule has 1 aliphatic carbocycles. The Morgan fingerprint density at radius 1 is 1.35 bits per heavy atom. The van der Waals surface area contributed by atoms with Gasteiger partial charge in [-0.15, -0.1) is 12.4 Å². The molecular weight excluding hydrogens is 296 g/mol. The molecule has 1 saturated heterocycles. The SMILES string of the molecule is CCSC1CCCC1NC(=O)C(N)C1CCOCC1.Cl. The van der Waals surface area contributed by atoms with Crippen LogP contribution in [0, 0.1) is 5.92 Å². The van der Waals surface area contributed by atoms with Crippen molar-refractivity contribution in [2.45, 2.75) is 56.4 Å². The lowest BCUT2D eigenvalue weighted by Gasteiger charge is -2.29. The van der Waals surface area contributed by atoms with Crippen LogP contribution in [0.2, 0.25) is 0 Å². The van der Waals surface area contributed by atoms with Crippen LogP contribution in [-0.4, -0.2) is 42.2 Å². The molecule has 4 nitrogen and oxygen atoms in total. The van der Waals surface area contributed by atoms with Gasteiger partial charge in [0.05, 0.1) is 6.04 Å². The van der Waals surface area contributed by atoms with E-state index in [9.17, 15) is 4.79 Å². The van der Waals surface area contributed by atoms with Crippen molar-refractivity contribution < 1.29 is 9.53 Å². The quantitative estimate of drug-likeness (QED) is 0.812. The molecule has 0 aromatic rings. The zero-order valence-electron chi connectivity index (χ0n) is 12.2. The second kappa shape index (κ2) is 9.13. The molecule has 118 valence electrons. The predicted octanol–water partition coefficient (Wildman–Crippen LogP) is 1.95. The van der Waals surface area contributed by atoms with Crippen LogP contribution in [0.15, 0.2) is 0 Å². The van der Waals surface area contributed by atoms with Crippen LogP contribution in [0.4, 0.5) is 0 Å². The maximum atomic E-state index is 12.3. The highest BCUT2D eigenvalue weighted by molar-refractivity contribution is 7.99. The van der Waals surface area contributed by atoms with E-state index in [2.05, 4.69) is 12.2 Å². The fourth-order valence-electron chi connectivity index (χ4n) is 3.07. The van der Waals surface area contributed by atoms with Crippen LogP contribution in [0.1, 0.15) is 39.0 Å². The minimum Gasteiger partial charge on any atom is -0.381 e. The number of nitrogens with one attached hydrogen (secondary N) is 1. The highest BCUT2D eigenvalue weighted by atomic mass is 35.5. The molecule has 0 aromatic heterocycles. The number of thioether (sulfide) groups is 1. The molecule has 0 radical (unpaired) electrons. The Morgan fingerprint density at radius 3 is 2.70 bits per heavy atom. The summed E-state index contributed by atoms with van der Waals surface area (Å²) in [6.45, 7) is 3.66. The molecule has 2 rings (SSSR count). The summed E-state index contributed by atoms with van der Waals surface area (Å²) in [5.74, 6) is 1.44. The largest absolute Gasteiger partial charge is 0.381 e. The minimum absolute atomic E-state index is 0. The molecule has 1 aliphatic heterocycles. The van der Waals surface area contributed by atoms with E-state index >= 15 is 0 Å². The van der Waals surface area contributed by atoms with Crippen LogP contribution in [0.5, 0.6) is 0 Å². The lowest BCUT2D eigenvalue weighted by Crippen LogP contribution is -2.51. The van der Waals surface area contributed by atoms with Gasteiger partial charge < -0.3 is 15.8 Å². The van der Waals surface area contributed by atoms with E-state index < -0.39 is 0 Å². The van der Waals surface area contributed by atoms with Gasteiger partial charge in [-0.3, -0.25) is 4.79 Å². The smallest absolute Gasteiger partial charge is 0.237 e. The topological polar surface area (TPSA) is 64.4 Å². The zero-order valence-corrected chi connectivity index (χ0v) is 13.8. The standard InChI is InChI=1S/C14H26N2O2S.ClH/c1-2-19-12-5-3-4-11(12)16-14(17)13(15)10-6-8-18-9-7-10;/h10-13H,2-9,15H2,1H3,(H,16,17);1H. The summed E-state index contributed by atoms with van der Waals surface area (Å²) in [6, 6.07) is -0.0416. The first-order chi connectivity index (χ1) is 9.22. The van der Waals surface area contributed by atoms with Gasteiger partial charge >= 0.3 is 0 Å². The Kier molecular flexibility index (Phi) is 8.25. The van der Waals surface area contributed by atoms with E-state index in [0.717, 1.165) is 38.2 Å². The van der Waals surface area contributed by atoms with Crippen LogP contribution < -0.4 is 11.1 Å². The average molecular weight is 323 g/mol. The number of amides is 1. The number of nitrogens with two attached hydrogens (primary N) is 1. The first kappa shape index (κ1) is 18.1. The number of halogens is 1. The number of carbonyl (C=O) groups is 1. The number of ether oxygens (including phenoxy) is 1. The molecule has 0 bridgehead atoms. The number of carbonyl (C=O) groups excluding carboxylic acids is 1. The van der Waals surface area contributed by atoms with Gasteiger partial charge in [0, 0.05) is 24.5 Å². The van der Waals surface area contributed by atoms with Gasteiger partial charge in [0.2, 0.25) is 5.91 Å². The predicted molar refractivity (Wildman–Crippen MR) is 86.5 cm³/mol. The van der Waals surface area contributed by atoms with Crippen molar-refractivity contribution in [1.82, 2.24) is 5.32 Å². The molecule has 1 amide bonds. The van der Waals surface area contributed by atoms with Crippen molar-refractivity contribution in [2.24, 2.45) is 11.7 Å². The van der Waals surface area contributed by atoms with E-state index in [1.165, 1.54) is 12.8 Å². The van der Waals surface area contributed by atoms with Crippen molar-refractivity contribution in [3.63, 3.8) is 0 Å². The fourth-order valence-corrected chi connectivity index (χ4v) is 4.27. The van der Waals surface area contributed by atoms with Gasteiger partial charge in [-0.1, -0.05) is 13.3 Å². The third-order valence-electron chi connectivity index (χ3n) is 4.24. The molecule has 0 spiro atoms. The molecule has 1 heterocycles. The van der Waals surface area contributed by atoms with E-state index in [1.807, 2.05) is 11.8 Å². The first-order valence-electron chi connectivity index (χ1n) is 7.47. The molecule has 6 heteroatoms. The third kappa shape index (κ3) is 4.79. The van der Waals surface area contributed by atoms with Crippen molar-refractivity contribution in [3.8, 4) is 0 Å². The summed E-state index contributed by atoms with van der Waals surface area (Å²) >= 11 is 1.96. The molecule has 3 unspecified atom stereocenters. The second-order valence-electron chi connectivity index (χ2n) is 5.52. The van der Waals surface area contributed by atoms with Gasteiger partial charge in [-0.05, 0) is 37.4 Å². The van der Waals surface area contributed by atoms with Crippen molar-refractivity contribution in [3.05, 3.63) is 0 Å². The Bertz CT molecular complexity index is 301. The summed E-state index contributed by atoms with van der Waals surface area (Å²) in [7, 11) is 0. The summed E-state index contributed by atoms with van der Waals surface area (Å²) in [6.07, 6.45) is 5.35. The molecule has 3 N–H and O–H groups in total. The summed E-state index contributed by atoms with van der Waals surface area (Å²) in [4.78, 5) is 12.3. The highest BCUT2D eigenvalue weighted by Crippen LogP contribution is 2.30. The van der Waals surface area contributed by atoms with E-state index in [-0.39, 0.29) is 30.3 Å². The third-order valence-corrected chi connectivity index (χ3v) is 5.56. The van der Waals surface area contributed by atoms with Crippen molar-refractivity contribution in [1.29, 1.82) is 0 Å². The van der Waals surface area contributed by atoms with E-state index in [4.69, 9.17) is 10.5 Å². The number of hydrogen-bond donors (Lipinski definition) is 2. The van der Waals surface area contributed by atoms with Crippen molar-refractivity contribution in [2.75, 3.05) is 19.0 Å². The Balaban J connectivity index is 0.00000200. The van der Waals surface area contributed by atoms with Crippen molar-refractivity contribution >= 4 is 30.1 Å². The monoisotopic (exact) mass is 322 g/mol. The van der Waals surface area contributed by atoms with Gasteiger partial charge in [0.25, 0.3) is 0 Å². The lowest BCUT2D eigenvalue weighted by molar-refractivity contribution is -0.125. The first-order valence-corrected chi connectivity index (χ1v) is 8.52. The minimum atomic E-state index is -0.364. The Morgan fingerprint density at radius 2 is 2.05 bits per heavy atom. The molecule has 2 aliphatic rings. The molecule has 1 saturated carbocycles. The van der Waals surface area contributed by atoms with Crippen LogP contribution in [-0.2, 0) is 9.53 Å². The van der Waals surface area contributed by atoms with Gasteiger partial charge in [-0.25, -0.2) is 0 Å². The van der Waals surface area contributed by atoms with Crippen LogP contribution in [0.25, 0.3) is 0 Å². The molecule has 20 heavy (non-hydrogen) atoms. The summed E-state index contributed by atoms with van der Waals surface area (Å²) < 4.78 is 5.32. The molecule has 2 fully saturated rings. The fraction of sp³-hybridized carbons (Fsp3) is 0.929. The maximum Gasteiger partial charge on any atom is 0.237 e. The highest BCUT2D eigenvalue weighted by Gasteiger charge is 2.32. The molecule has 0 aromatic carbocycles. The number of hydrogen-bond acceptors (Lipinski definition) is 4. The summed E-state index contributed by atoms with van der Waals surface area (Å²) in [5.41, 5.74) is 6.12. The summed E-state index contributed by atoms with van der Waals surface area (Å²) in [5, 5.41) is 3.76. The maximum absolute atomic E-state index is 12.3. The van der Waals surface area contributed by atoms with Crippen LogP contribution in [0.3, 0.4) is 0 Å². The molecule has 3 atom stereocenters. The number of rotatable bonds is 5. The lowest BCUT2D eigenvalue weighted by atomic mass is 9.91. The normalized spacial score (nSPS) is 28.7. The second-order valence-corrected chi connectivity index (χ2v) is 7.03. The van der Waals surface area contributed by atoms with E-state index in [0.29, 0.717) is 11.3 Å². The van der Waals surface area contributed by atoms with Gasteiger partial charge in [-0.2, -0.15) is 11.8 Å². The zero-order chi connectivity index (χ0) is 13.7. The van der Waals surface area contributed by atoms with Gasteiger partial charge in [0.15, 0.2) is 0 Å². The average Bonchev–Trinajstić information content (AvgIpc) is 2.86.